The molecule has 0 unspecified atom stereocenters. The number of thioether (sulfide) groups is 1. The summed E-state index contributed by atoms with van der Waals surface area (Å²) < 4.78 is 0. The van der Waals surface area contributed by atoms with Crippen molar-refractivity contribution >= 4 is 11.8 Å². The molecular weight excluding hydrogens is 226 g/mol. The summed E-state index contributed by atoms with van der Waals surface area (Å²) in [4.78, 5) is 1.45. The lowest BCUT2D eigenvalue weighted by Crippen LogP contribution is -2.12. The zero-order valence-electron chi connectivity index (χ0n) is 11.4. The third-order valence-corrected chi connectivity index (χ3v) is 3.99. The van der Waals surface area contributed by atoms with E-state index in [0.717, 1.165) is 13.1 Å². The Morgan fingerprint density at radius 3 is 2.71 bits per heavy atom. The van der Waals surface area contributed by atoms with E-state index in [9.17, 15) is 0 Å². The molecule has 0 fully saturated rings. The fourth-order valence-corrected chi connectivity index (χ4v) is 2.83. The van der Waals surface area contributed by atoms with E-state index < -0.39 is 0 Å². The first-order valence-corrected chi connectivity index (χ1v) is 7.69. The van der Waals surface area contributed by atoms with Crippen molar-refractivity contribution in [2.75, 3.05) is 12.3 Å². The topological polar surface area (TPSA) is 12.0 Å². The third-order valence-electron chi connectivity index (χ3n) is 2.79. The monoisotopic (exact) mass is 251 g/mol. The summed E-state index contributed by atoms with van der Waals surface area (Å²) in [7, 11) is 0. The summed E-state index contributed by atoms with van der Waals surface area (Å²) in [5, 5.41) is 3.42. The van der Waals surface area contributed by atoms with Crippen molar-refractivity contribution in [1.29, 1.82) is 0 Å². The Bertz CT molecular complexity index is 323. The van der Waals surface area contributed by atoms with E-state index >= 15 is 0 Å². The van der Waals surface area contributed by atoms with Gasteiger partial charge < -0.3 is 5.32 Å². The number of unbranched alkanes of at least 4 members (excludes halogenated alkanes) is 2. The van der Waals surface area contributed by atoms with Gasteiger partial charge in [0.2, 0.25) is 0 Å². The maximum atomic E-state index is 3.42. The zero-order chi connectivity index (χ0) is 12.5. The highest BCUT2D eigenvalue weighted by molar-refractivity contribution is 7.99. The molecule has 0 aliphatic carbocycles. The van der Waals surface area contributed by atoms with Gasteiger partial charge in [-0.25, -0.2) is 0 Å². The van der Waals surface area contributed by atoms with Crippen LogP contribution in [-0.4, -0.2) is 12.3 Å². The standard InChI is InChI=1S/C15H25NS/c1-4-6-7-10-17-15-9-8-13(3)11-14(15)12-16-5-2/h8-9,11,16H,4-7,10,12H2,1-3H3. The van der Waals surface area contributed by atoms with Crippen molar-refractivity contribution in [3.8, 4) is 0 Å². The first-order valence-electron chi connectivity index (χ1n) is 6.71. The lowest BCUT2D eigenvalue weighted by Gasteiger charge is -2.10. The quantitative estimate of drug-likeness (QED) is 0.543. The molecule has 0 aliphatic rings. The van der Waals surface area contributed by atoms with Crippen LogP contribution in [0.3, 0.4) is 0 Å². The minimum atomic E-state index is 0.994. The molecule has 0 bridgehead atoms. The van der Waals surface area contributed by atoms with Crippen LogP contribution in [0.25, 0.3) is 0 Å². The molecule has 1 nitrogen and oxygen atoms in total. The van der Waals surface area contributed by atoms with Crippen molar-refractivity contribution in [2.45, 2.75) is 51.5 Å². The van der Waals surface area contributed by atoms with E-state index in [1.165, 1.54) is 41.0 Å². The fourth-order valence-electron chi connectivity index (χ4n) is 1.78. The Hall–Kier alpha value is -0.470. The molecule has 0 radical (unpaired) electrons. The van der Waals surface area contributed by atoms with Crippen LogP contribution in [0.2, 0.25) is 0 Å². The van der Waals surface area contributed by atoms with Gasteiger partial charge in [0, 0.05) is 11.4 Å². The highest BCUT2D eigenvalue weighted by atomic mass is 32.2. The Morgan fingerprint density at radius 2 is 2.00 bits per heavy atom. The lowest BCUT2D eigenvalue weighted by atomic mass is 10.1. The first kappa shape index (κ1) is 14.6. The molecule has 1 aromatic rings. The Balaban J connectivity index is 2.55. The average molecular weight is 251 g/mol. The van der Waals surface area contributed by atoms with Gasteiger partial charge in [0.1, 0.15) is 0 Å². The highest BCUT2D eigenvalue weighted by Gasteiger charge is 2.03. The van der Waals surface area contributed by atoms with E-state index in [0.29, 0.717) is 0 Å². The lowest BCUT2D eigenvalue weighted by molar-refractivity contribution is 0.717. The largest absolute Gasteiger partial charge is 0.313 e. The number of hydrogen-bond donors (Lipinski definition) is 1. The van der Waals surface area contributed by atoms with Gasteiger partial charge in [0.25, 0.3) is 0 Å². The van der Waals surface area contributed by atoms with Gasteiger partial charge in [-0.2, -0.15) is 0 Å². The number of nitrogens with one attached hydrogen (secondary N) is 1. The van der Waals surface area contributed by atoms with Crippen LogP contribution >= 0.6 is 11.8 Å². The molecule has 1 rings (SSSR count). The minimum absolute atomic E-state index is 0.994. The van der Waals surface area contributed by atoms with Crippen LogP contribution in [0.1, 0.15) is 44.2 Å². The second-order valence-electron chi connectivity index (χ2n) is 4.45. The molecule has 0 spiro atoms. The molecule has 0 saturated carbocycles. The molecule has 0 saturated heterocycles. The van der Waals surface area contributed by atoms with E-state index in [4.69, 9.17) is 0 Å². The smallest absolute Gasteiger partial charge is 0.0216 e. The van der Waals surface area contributed by atoms with Crippen LogP contribution in [-0.2, 0) is 6.54 Å². The van der Waals surface area contributed by atoms with Crippen molar-refractivity contribution < 1.29 is 0 Å². The van der Waals surface area contributed by atoms with Gasteiger partial charge >= 0.3 is 0 Å². The second-order valence-corrected chi connectivity index (χ2v) is 5.58. The molecular formula is C15H25NS. The molecule has 96 valence electrons. The molecule has 0 atom stereocenters. The van der Waals surface area contributed by atoms with E-state index in [-0.39, 0.29) is 0 Å². The van der Waals surface area contributed by atoms with Gasteiger partial charge in [0.15, 0.2) is 0 Å². The predicted octanol–water partition coefficient (Wildman–Crippen LogP) is 4.39. The summed E-state index contributed by atoms with van der Waals surface area (Å²) in [6.45, 7) is 8.61. The summed E-state index contributed by atoms with van der Waals surface area (Å²) in [5.41, 5.74) is 2.81. The van der Waals surface area contributed by atoms with Crippen molar-refractivity contribution in [1.82, 2.24) is 5.32 Å². The summed E-state index contributed by atoms with van der Waals surface area (Å²) >= 11 is 2.01. The summed E-state index contributed by atoms with van der Waals surface area (Å²) in [5.74, 6) is 1.25. The maximum absolute atomic E-state index is 3.42. The van der Waals surface area contributed by atoms with Gasteiger partial charge in [-0.3, -0.25) is 0 Å². The number of hydrogen-bond acceptors (Lipinski definition) is 2. The number of aryl methyl sites for hydroxylation is 1. The minimum Gasteiger partial charge on any atom is -0.313 e. The van der Waals surface area contributed by atoms with Crippen LogP contribution < -0.4 is 5.32 Å². The summed E-state index contributed by atoms with van der Waals surface area (Å²) in [6.07, 6.45) is 3.98. The van der Waals surface area contributed by atoms with Crippen LogP contribution in [0, 0.1) is 6.92 Å². The van der Waals surface area contributed by atoms with E-state index in [1.54, 1.807) is 0 Å². The molecule has 0 aliphatic heterocycles. The predicted molar refractivity (Wildman–Crippen MR) is 78.8 cm³/mol. The molecule has 0 aromatic heterocycles. The van der Waals surface area contributed by atoms with Gasteiger partial charge in [-0.15, -0.1) is 11.8 Å². The Labute approximate surface area is 110 Å². The van der Waals surface area contributed by atoms with Crippen molar-refractivity contribution in [3.05, 3.63) is 29.3 Å². The van der Waals surface area contributed by atoms with Gasteiger partial charge in [-0.05, 0) is 37.3 Å². The van der Waals surface area contributed by atoms with Crippen molar-refractivity contribution in [3.63, 3.8) is 0 Å². The third kappa shape index (κ3) is 5.60. The molecule has 17 heavy (non-hydrogen) atoms. The fraction of sp³-hybridized carbons (Fsp3) is 0.600. The zero-order valence-corrected chi connectivity index (χ0v) is 12.2. The van der Waals surface area contributed by atoms with E-state index in [2.05, 4.69) is 44.3 Å². The molecule has 1 aromatic carbocycles. The van der Waals surface area contributed by atoms with Crippen LogP contribution in [0.5, 0.6) is 0 Å². The summed E-state index contributed by atoms with van der Waals surface area (Å²) in [6, 6.07) is 6.81. The van der Waals surface area contributed by atoms with Gasteiger partial charge in [0.05, 0.1) is 0 Å². The highest BCUT2D eigenvalue weighted by Crippen LogP contribution is 2.25. The van der Waals surface area contributed by atoms with Crippen LogP contribution in [0.15, 0.2) is 23.1 Å². The molecule has 1 N–H and O–H groups in total. The van der Waals surface area contributed by atoms with Gasteiger partial charge in [-0.1, -0.05) is 44.4 Å². The SMILES string of the molecule is CCCCCSc1ccc(C)cc1CNCC. The number of benzene rings is 1. The maximum Gasteiger partial charge on any atom is 0.0216 e. The Kier molecular flexibility index (Phi) is 7.38. The average Bonchev–Trinajstić information content (AvgIpc) is 2.34. The second kappa shape index (κ2) is 8.60. The molecule has 0 amide bonds. The van der Waals surface area contributed by atoms with E-state index in [1.807, 2.05) is 11.8 Å². The van der Waals surface area contributed by atoms with Crippen molar-refractivity contribution in [2.24, 2.45) is 0 Å². The van der Waals surface area contributed by atoms with Crippen LogP contribution in [0.4, 0.5) is 0 Å². The Morgan fingerprint density at radius 1 is 1.18 bits per heavy atom. The first-order chi connectivity index (χ1) is 8.27. The molecule has 2 heteroatoms. The normalized spacial score (nSPS) is 10.8. The number of rotatable bonds is 8. The molecule has 0 heterocycles.